The van der Waals surface area contributed by atoms with E-state index in [1.54, 1.807) is 12.1 Å². The highest BCUT2D eigenvalue weighted by Gasteiger charge is 2.18. The maximum atomic E-state index is 12.4. The summed E-state index contributed by atoms with van der Waals surface area (Å²) in [5, 5.41) is 2.78. The lowest BCUT2D eigenvalue weighted by atomic mass is 10.1. The monoisotopic (exact) mass is 366 g/mol. The maximum Gasteiger partial charge on any atom is 0.245 e. The standard InChI is InChI=1S/C18H22N2O4.ClH/c1-11-5-7-12(8-6-11)16(19)18(21)20-13-9-14(22-2)17(24-4)15(10-13)23-3;/h5-10,16H,19H2,1-4H3,(H,20,21);1H. The molecule has 0 aromatic heterocycles. The Morgan fingerprint density at radius 1 is 1.00 bits per heavy atom. The second-order valence-corrected chi connectivity index (χ2v) is 5.29. The molecule has 0 fully saturated rings. The molecule has 0 radical (unpaired) electrons. The quantitative estimate of drug-likeness (QED) is 0.820. The van der Waals surface area contributed by atoms with Gasteiger partial charge in [-0.1, -0.05) is 29.8 Å². The highest BCUT2D eigenvalue weighted by Crippen LogP contribution is 2.40. The molecule has 3 N–H and O–H groups in total. The average Bonchev–Trinajstić information content (AvgIpc) is 2.60. The van der Waals surface area contributed by atoms with E-state index in [0.717, 1.165) is 11.1 Å². The van der Waals surface area contributed by atoms with Crippen LogP contribution in [0.2, 0.25) is 0 Å². The molecule has 136 valence electrons. The molecular weight excluding hydrogens is 344 g/mol. The van der Waals surface area contributed by atoms with Crippen LogP contribution < -0.4 is 25.3 Å². The predicted octanol–water partition coefficient (Wildman–Crippen LogP) is 3.08. The number of amides is 1. The van der Waals surface area contributed by atoms with Gasteiger partial charge in [0.05, 0.1) is 21.3 Å². The summed E-state index contributed by atoms with van der Waals surface area (Å²) < 4.78 is 15.8. The lowest BCUT2D eigenvalue weighted by molar-refractivity contribution is -0.117. The van der Waals surface area contributed by atoms with Gasteiger partial charge in [-0.15, -0.1) is 12.4 Å². The van der Waals surface area contributed by atoms with Crippen LogP contribution in [0.4, 0.5) is 5.69 Å². The number of hydrogen-bond acceptors (Lipinski definition) is 5. The van der Waals surface area contributed by atoms with Crippen molar-refractivity contribution in [3.8, 4) is 17.2 Å². The van der Waals surface area contributed by atoms with Crippen LogP contribution in [0, 0.1) is 6.92 Å². The molecule has 1 amide bonds. The minimum absolute atomic E-state index is 0. The maximum absolute atomic E-state index is 12.4. The Morgan fingerprint density at radius 2 is 1.52 bits per heavy atom. The summed E-state index contributed by atoms with van der Waals surface area (Å²) in [4.78, 5) is 12.4. The molecule has 7 heteroatoms. The summed E-state index contributed by atoms with van der Waals surface area (Å²) in [6.07, 6.45) is 0. The number of benzene rings is 2. The van der Waals surface area contributed by atoms with E-state index >= 15 is 0 Å². The molecule has 6 nitrogen and oxygen atoms in total. The average molecular weight is 367 g/mol. The fourth-order valence-electron chi connectivity index (χ4n) is 2.30. The Morgan fingerprint density at radius 3 is 1.96 bits per heavy atom. The van der Waals surface area contributed by atoms with E-state index < -0.39 is 6.04 Å². The zero-order valence-electron chi connectivity index (χ0n) is 14.7. The minimum Gasteiger partial charge on any atom is -0.493 e. The second kappa shape index (κ2) is 9.15. The molecule has 0 bridgehead atoms. The van der Waals surface area contributed by atoms with Crippen molar-refractivity contribution in [1.82, 2.24) is 0 Å². The molecule has 1 unspecified atom stereocenters. The fourth-order valence-corrected chi connectivity index (χ4v) is 2.30. The van der Waals surface area contributed by atoms with Crippen LogP contribution >= 0.6 is 12.4 Å². The Labute approximate surface area is 153 Å². The van der Waals surface area contributed by atoms with E-state index in [2.05, 4.69) is 5.32 Å². The second-order valence-electron chi connectivity index (χ2n) is 5.29. The molecule has 0 saturated heterocycles. The Bertz CT molecular complexity index is 695. The smallest absolute Gasteiger partial charge is 0.245 e. The number of ether oxygens (including phenoxy) is 3. The highest BCUT2D eigenvalue weighted by atomic mass is 35.5. The molecule has 0 aliphatic rings. The fraction of sp³-hybridized carbons (Fsp3) is 0.278. The first kappa shape index (κ1) is 20.6. The molecule has 2 aromatic rings. The molecule has 0 aliphatic heterocycles. The van der Waals surface area contributed by atoms with Crippen molar-refractivity contribution in [1.29, 1.82) is 0 Å². The first-order chi connectivity index (χ1) is 11.5. The van der Waals surface area contributed by atoms with E-state index in [0.29, 0.717) is 22.9 Å². The third-order valence-corrected chi connectivity index (χ3v) is 3.65. The molecule has 0 aliphatic carbocycles. The van der Waals surface area contributed by atoms with Gasteiger partial charge in [-0.2, -0.15) is 0 Å². The van der Waals surface area contributed by atoms with Crippen LogP contribution in [0.5, 0.6) is 17.2 Å². The zero-order chi connectivity index (χ0) is 17.7. The van der Waals surface area contributed by atoms with Crippen molar-refractivity contribution in [2.45, 2.75) is 13.0 Å². The van der Waals surface area contributed by atoms with Gasteiger partial charge >= 0.3 is 0 Å². The number of hydrogen-bond donors (Lipinski definition) is 2. The van der Waals surface area contributed by atoms with Crippen LogP contribution in [-0.2, 0) is 4.79 Å². The summed E-state index contributed by atoms with van der Waals surface area (Å²) in [7, 11) is 4.55. The third kappa shape index (κ3) is 4.78. The predicted molar refractivity (Wildman–Crippen MR) is 100 cm³/mol. The zero-order valence-corrected chi connectivity index (χ0v) is 15.5. The summed E-state index contributed by atoms with van der Waals surface area (Å²) in [5.74, 6) is 1.04. The summed E-state index contributed by atoms with van der Waals surface area (Å²) in [6, 6.07) is 10.1. The topological polar surface area (TPSA) is 82.8 Å². The molecule has 25 heavy (non-hydrogen) atoms. The number of aryl methyl sites for hydroxylation is 1. The third-order valence-electron chi connectivity index (χ3n) is 3.65. The molecular formula is C18H23ClN2O4. The van der Waals surface area contributed by atoms with Gasteiger partial charge in [0.25, 0.3) is 0 Å². The van der Waals surface area contributed by atoms with E-state index in [1.165, 1.54) is 21.3 Å². The van der Waals surface area contributed by atoms with Gasteiger partial charge in [0.15, 0.2) is 11.5 Å². The molecule has 0 saturated carbocycles. The minimum atomic E-state index is -0.773. The van der Waals surface area contributed by atoms with Crippen LogP contribution in [0.15, 0.2) is 36.4 Å². The lowest BCUT2D eigenvalue weighted by Gasteiger charge is -2.16. The van der Waals surface area contributed by atoms with Gasteiger partial charge in [0, 0.05) is 17.8 Å². The Kier molecular flexibility index (Phi) is 7.54. The molecule has 2 rings (SSSR count). The van der Waals surface area contributed by atoms with Crippen molar-refractivity contribution < 1.29 is 19.0 Å². The van der Waals surface area contributed by atoms with Gasteiger partial charge in [0.1, 0.15) is 6.04 Å². The van der Waals surface area contributed by atoms with Gasteiger partial charge < -0.3 is 25.3 Å². The lowest BCUT2D eigenvalue weighted by Crippen LogP contribution is -2.27. The largest absolute Gasteiger partial charge is 0.493 e. The summed E-state index contributed by atoms with van der Waals surface area (Å²) >= 11 is 0. The van der Waals surface area contributed by atoms with Crippen molar-refractivity contribution in [2.24, 2.45) is 5.73 Å². The van der Waals surface area contributed by atoms with Crippen molar-refractivity contribution >= 4 is 24.0 Å². The summed E-state index contributed by atoms with van der Waals surface area (Å²) in [5.41, 5.74) is 8.39. The van der Waals surface area contributed by atoms with Gasteiger partial charge in [0.2, 0.25) is 11.7 Å². The first-order valence-electron chi connectivity index (χ1n) is 7.43. The molecule has 0 heterocycles. The number of rotatable bonds is 6. The van der Waals surface area contributed by atoms with Crippen LogP contribution in [0.1, 0.15) is 17.2 Å². The number of methoxy groups -OCH3 is 3. The number of nitrogens with two attached hydrogens (primary N) is 1. The molecule has 0 spiro atoms. The highest BCUT2D eigenvalue weighted by molar-refractivity contribution is 5.96. The van der Waals surface area contributed by atoms with E-state index in [9.17, 15) is 4.79 Å². The van der Waals surface area contributed by atoms with Crippen LogP contribution in [-0.4, -0.2) is 27.2 Å². The van der Waals surface area contributed by atoms with E-state index in [4.69, 9.17) is 19.9 Å². The normalized spacial score (nSPS) is 11.1. The number of nitrogens with one attached hydrogen (secondary N) is 1. The molecule has 2 aromatic carbocycles. The van der Waals surface area contributed by atoms with Crippen molar-refractivity contribution in [2.75, 3.05) is 26.6 Å². The van der Waals surface area contributed by atoms with Crippen LogP contribution in [0.3, 0.4) is 0 Å². The van der Waals surface area contributed by atoms with Gasteiger partial charge in [-0.3, -0.25) is 4.79 Å². The SMILES string of the molecule is COc1cc(NC(=O)C(N)c2ccc(C)cc2)cc(OC)c1OC.Cl. The number of carbonyl (C=O) groups is 1. The first-order valence-corrected chi connectivity index (χ1v) is 7.43. The van der Waals surface area contributed by atoms with Gasteiger partial charge in [-0.05, 0) is 12.5 Å². The van der Waals surface area contributed by atoms with Crippen molar-refractivity contribution in [3.05, 3.63) is 47.5 Å². The van der Waals surface area contributed by atoms with E-state index in [-0.39, 0.29) is 18.3 Å². The van der Waals surface area contributed by atoms with Gasteiger partial charge in [-0.25, -0.2) is 0 Å². The van der Waals surface area contributed by atoms with E-state index in [1.807, 2.05) is 31.2 Å². The number of halogens is 1. The Balaban J connectivity index is 0.00000312. The van der Waals surface area contributed by atoms with Crippen molar-refractivity contribution in [3.63, 3.8) is 0 Å². The Hall–Kier alpha value is -2.44. The number of carbonyl (C=O) groups excluding carboxylic acids is 1. The number of anilines is 1. The summed E-state index contributed by atoms with van der Waals surface area (Å²) in [6.45, 7) is 1.98. The van der Waals surface area contributed by atoms with Crippen LogP contribution in [0.25, 0.3) is 0 Å². The molecule has 1 atom stereocenters.